The molecule has 1 aromatic carbocycles. The number of nitrogens with zero attached hydrogens (tertiary/aromatic N) is 4. The molecule has 7 nitrogen and oxygen atoms in total. The lowest BCUT2D eigenvalue weighted by atomic mass is 10.2. The van der Waals surface area contributed by atoms with Gasteiger partial charge in [-0.05, 0) is 49.1 Å². The van der Waals surface area contributed by atoms with Gasteiger partial charge in [0.2, 0.25) is 5.91 Å². The van der Waals surface area contributed by atoms with Crippen molar-refractivity contribution < 1.29 is 9.53 Å². The van der Waals surface area contributed by atoms with Crippen molar-refractivity contribution in [2.24, 2.45) is 0 Å². The van der Waals surface area contributed by atoms with Gasteiger partial charge in [0.25, 0.3) is 0 Å². The van der Waals surface area contributed by atoms with Crippen molar-refractivity contribution >= 4 is 5.91 Å². The van der Waals surface area contributed by atoms with Crippen LogP contribution in [-0.4, -0.2) is 32.2 Å². The molecule has 23 heavy (non-hydrogen) atoms. The van der Waals surface area contributed by atoms with E-state index in [0.29, 0.717) is 18.5 Å². The van der Waals surface area contributed by atoms with Crippen molar-refractivity contribution in [2.75, 3.05) is 0 Å². The quantitative estimate of drug-likeness (QED) is 0.876. The second-order valence-electron chi connectivity index (χ2n) is 5.79. The minimum atomic E-state index is -0.129. The summed E-state index contributed by atoms with van der Waals surface area (Å²) in [5.41, 5.74) is 0.987. The third-order valence-corrected chi connectivity index (χ3v) is 4.05. The van der Waals surface area contributed by atoms with Gasteiger partial charge in [0.15, 0.2) is 0 Å². The van der Waals surface area contributed by atoms with Crippen LogP contribution in [0.1, 0.15) is 37.1 Å². The van der Waals surface area contributed by atoms with E-state index in [9.17, 15) is 4.79 Å². The molecular weight excluding hydrogens is 294 g/mol. The normalized spacial score (nSPS) is 14.8. The van der Waals surface area contributed by atoms with E-state index in [1.165, 1.54) is 17.5 Å². The van der Waals surface area contributed by atoms with Gasteiger partial charge in [-0.2, -0.15) is 0 Å². The smallest absolute Gasteiger partial charge is 0.242 e. The Morgan fingerprint density at radius 3 is 2.87 bits per heavy atom. The fraction of sp³-hybridized carbons (Fsp3) is 0.500. The summed E-state index contributed by atoms with van der Waals surface area (Å²) in [7, 11) is 0. The molecule has 0 unspecified atom stereocenters. The monoisotopic (exact) mass is 315 g/mol. The minimum absolute atomic E-state index is 0.116. The first-order valence-corrected chi connectivity index (χ1v) is 7.96. The number of hydrogen-bond donors (Lipinski definition) is 1. The van der Waals surface area contributed by atoms with Crippen LogP contribution >= 0.6 is 0 Å². The molecule has 1 fully saturated rings. The number of tetrazole rings is 1. The number of hydrogen-bond acceptors (Lipinski definition) is 5. The first-order valence-electron chi connectivity index (χ1n) is 7.96. The summed E-state index contributed by atoms with van der Waals surface area (Å²) in [5.74, 6) is 1.35. The molecule has 1 amide bonds. The minimum Gasteiger partial charge on any atom is -0.490 e. The molecule has 3 rings (SSSR count). The van der Waals surface area contributed by atoms with Crippen LogP contribution in [-0.2, 0) is 17.9 Å². The summed E-state index contributed by atoms with van der Waals surface area (Å²) in [4.78, 5) is 12.0. The van der Waals surface area contributed by atoms with E-state index in [0.717, 1.165) is 24.2 Å². The van der Waals surface area contributed by atoms with Gasteiger partial charge >= 0.3 is 0 Å². The Hall–Kier alpha value is -2.44. The zero-order valence-corrected chi connectivity index (χ0v) is 13.2. The first-order chi connectivity index (χ1) is 11.2. The van der Waals surface area contributed by atoms with Crippen LogP contribution in [0.4, 0.5) is 0 Å². The van der Waals surface area contributed by atoms with E-state index >= 15 is 0 Å². The van der Waals surface area contributed by atoms with E-state index in [2.05, 4.69) is 20.8 Å². The number of ether oxygens (including phenoxy) is 1. The van der Waals surface area contributed by atoms with Crippen LogP contribution in [0.25, 0.3) is 0 Å². The molecule has 0 bridgehead atoms. The lowest BCUT2D eigenvalue weighted by molar-refractivity contribution is -0.122. The number of nitrogens with one attached hydrogen (secondary N) is 1. The highest BCUT2D eigenvalue weighted by Crippen LogP contribution is 2.26. The molecule has 0 aliphatic heterocycles. The van der Waals surface area contributed by atoms with Gasteiger partial charge in [0, 0.05) is 12.1 Å². The van der Waals surface area contributed by atoms with Gasteiger partial charge in [-0.25, -0.2) is 4.68 Å². The summed E-state index contributed by atoms with van der Waals surface area (Å²) >= 11 is 0. The third kappa shape index (κ3) is 4.06. The highest BCUT2D eigenvalue weighted by molar-refractivity contribution is 5.75. The zero-order chi connectivity index (χ0) is 16.1. The summed E-state index contributed by atoms with van der Waals surface area (Å²) < 4.78 is 7.54. The van der Waals surface area contributed by atoms with E-state index < -0.39 is 0 Å². The van der Waals surface area contributed by atoms with Crippen molar-refractivity contribution in [3.63, 3.8) is 0 Å². The summed E-state index contributed by atoms with van der Waals surface area (Å²) in [6, 6.07) is 7.85. The van der Waals surface area contributed by atoms with E-state index in [1.54, 1.807) is 6.92 Å². The molecule has 0 spiro atoms. The van der Waals surface area contributed by atoms with Crippen molar-refractivity contribution in [3.05, 3.63) is 35.7 Å². The second kappa shape index (κ2) is 7.21. The molecule has 1 aliphatic carbocycles. The van der Waals surface area contributed by atoms with Crippen molar-refractivity contribution in [3.8, 4) is 5.75 Å². The zero-order valence-electron chi connectivity index (χ0n) is 13.2. The first kappa shape index (κ1) is 15.5. The van der Waals surface area contributed by atoms with Gasteiger partial charge in [-0.3, -0.25) is 4.79 Å². The number of carbonyl (C=O) groups excluding carboxylic acids is 1. The second-order valence-corrected chi connectivity index (χ2v) is 5.79. The molecule has 1 N–H and O–H groups in total. The maximum Gasteiger partial charge on any atom is 0.242 e. The summed E-state index contributed by atoms with van der Waals surface area (Å²) in [5, 5.41) is 14.0. The molecule has 1 heterocycles. The topological polar surface area (TPSA) is 81.9 Å². The van der Waals surface area contributed by atoms with E-state index in [1.807, 2.05) is 24.3 Å². The molecule has 0 atom stereocenters. The van der Waals surface area contributed by atoms with E-state index in [4.69, 9.17) is 4.74 Å². The highest BCUT2D eigenvalue weighted by atomic mass is 16.5. The standard InChI is InChI=1S/C16H21N5O2/c1-12-18-19-20-21(12)11-16(22)17-10-13-6-2-5-9-15(13)23-14-7-3-4-8-14/h2,5-6,9,14H,3-4,7-8,10-11H2,1H3,(H,17,22). The number of carbonyl (C=O) groups is 1. The summed E-state index contributed by atoms with van der Waals surface area (Å²) in [6.45, 7) is 2.31. The van der Waals surface area contributed by atoms with Crippen molar-refractivity contribution in [2.45, 2.75) is 51.8 Å². The molecule has 1 aliphatic rings. The van der Waals surface area contributed by atoms with Gasteiger partial charge < -0.3 is 10.1 Å². The Labute approximate surface area is 135 Å². The van der Waals surface area contributed by atoms with Crippen LogP contribution in [0.3, 0.4) is 0 Å². The number of aromatic nitrogens is 4. The van der Waals surface area contributed by atoms with Crippen LogP contribution in [0.15, 0.2) is 24.3 Å². The van der Waals surface area contributed by atoms with Gasteiger partial charge in [-0.15, -0.1) is 5.10 Å². The lowest BCUT2D eigenvalue weighted by Crippen LogP contribution is -2.28. The fourth-order valence-electron chi connectivity index (χ4n) is 2.73. The lowest BCUT2D eigenvalue weighted by Gasteiger charge is -2.16. The molecular formula is C16H21N5O2. The van der Waals surface area contributed by atoms with Crippen LogP contribution in [0.2, 0.25) is 0 Å². The Morgan fingerprint density at radius 1 is 1.35 bits per heavy atom. The van der Waals surface area contributed by atoms with Crippen LogP contribution in [0.5, 0.6) is 5.75 Å². The maximum atomic E-state index is 12.0. The SMILES string of the molecule is Cc1nnnn1CC(=O)NCc1ccccc1OC1CCCC1. The fourth-order valence-corrected chi connectivity index (χ4v) is 2.73. The van der Waals surface area contributed by atoms with Crippen molar-refractivity contribution in [1.82, 2.24) is 25.5 Å². The maximum absolute atomic E-state index is 12.0. The number of aryl methyl sites for hydroxylation is 1. The van der Waals surface area contributed by atoms with Gasteiger partial charge in [0.1, 0.15) is 18.1 Å². The molecule has 0 saturated heterocycles. The molecule has 1 saturated carbocycles. The van der Waals surface area contributed by atoms with Crippen LogP contribution < -0.4 is 10.1 Å². The molecule has 2 aromatic rings. The predicted octanol–water partition coefficient (Wildman–Crippen LogP) is 1.62. The number of para-hydroxylation sites is 1. The molecule has 0 radical (unpaired) electrons. The van der Waals surface area contributed by atoms with Gasteiger partial charge in [-0.1, -0.05) is 18.2 Å². The molecule has 1 aromatic heterocycles. The number of amides is 1. The largest absolute Gasteiger partial charge is 0.490 e. The van der Waals surface area contributed by atoms with Crippen molar-refractivity contribution in [1.29, 1.82) is 0 Å². The third-order valence-electron chi connectivity index (χ3n) is 4.05. The Morgan fingerprint density at radius 2 is 2.13 bits per heavy atom. The number of rotatable bonds is 6. The Kier molecular flexibility index (Phi) is 4.85. The number of benzene rings is 1. The molecule has 122 valence electrons. The highest BCUT2D eigenvalue weighted by Gasteiger charge is 2.18. The Balaban J connectivity index is 1.57. The average Bonchev–Trinajstić information content (AvgIpc) is 3.19. The summed E-state index contributed by atoms with van der Waals surface area (Å²) in [6.07, 6.45) is 4.98. The predicted molar refractivity (Wildman–Crippen MR) is 83.7 cm³/mol. The Bertz CT molecular complexity index is 664. The van der Waals surface area contributed by atoms with Crippen LogP contribution in [0, 0.1) is 6.92 Å². The van der Waals surface area contributed by atoms with Gasteiger partial charge in [0.05, 0.1) is 6.10 Å². The average molecular weight is 315 g/mol. The molecule has 7 heteroatoms. The van der Waals surface area contributed by atoms with E-state index in [-0.39, 0.29) is 12.5 Å².